The standard InChI is InChI=1S/C14H12ClN5O/c1-19-8-12(16-9-19)14(21)18-11-5-2-4-10(15)13(11)20-7-3-6-17-20/h2-9H,1H3,(H,18,21). The maximum Gasteiger partial charge on any atom is 0.275 e. The van der Waals surface area contributed by atoms with E-state index in [0.717, 1.165) is 0 Å². The Kier molecular flexibility index (Phi) is 3.45. The molecule has 0 saturated heterocycles. The minimum atomic E-state index is -0.300. The molecule has 2 heterocycles. The first-order chi connectivity index (χ1) is 10.1. The van der Waals surface area contributed by atoms with Gasteiger partial charge >= 0.3 is 0 Å². The lowest BCUT2D eigenvalue weighted by Crippen LogP contribution is -2.14. The highest BCUT2D eigenvalue weighted by Gasteiger charge is 2.14. The van der Waals surface area contributed by atoms with E-state index in [4.69, 9.17) is 11.6 Å². The molecule has 1 aromatic carbocycles. The van der Waals surface area contributed by atoms with Crippen molar-refractivity contribution in [2.45, 2.75) is 0 Å². The predicted molar refractivity (Wildman–Crippen MR) is 79.7 cm³/mol. The number of benzene rings is 1. The molecule has 0 fully saturated rings. The molecule has 6 nitrogen and oxygen atoms in total. The van der Waals surface area contributed by atoms with E-state index in [0.29, 0.717) is 22.1 Å². The maximum absolute atomic E-state index is 12.2. The first-order valence-corrected chi connectivity index (χ1v) is 6.61. The Morgan fingerprint density at radius 3 is 2.86 bits per heavy atom. The molecule has 0 aliphatic heterocycles. The van der Waals surface area contributed by atoms with Crippen molar-refractivity contribution in [1.29, 1.82) is 0 Å². The molecule has 0 atom stereocenters. The van der Waals surface area contributed by atoms with E-state index in [2.05, 4.69) is 15.4 Å². The molecule has 1 amide bonds. The van der Waals surface area contributed by atoms with Crippen LogP contribution in [0.1, 0.15) is 10.5 Å². The number of imidazole rings is 1. The van der Waals surface area contributed by atoms with E-state index in [9.17, 15) is 4.79 Å². The van der Waals surface area contributed by atoms with Crippen molar-refractivity contribution >= 4 is 23.2 Å². The second-order valence-electron chi connectivity index (χ2n) is 4.47. The van der Waals surface area contributed by atoms with Crippen LogP contribution in [-0.2, 0) is 7.05 Å². The number of aryl methyl sites for hydroxylation is 1. The summed E-state index contributed by atoms with van der Waals surface area (Å²) in [6.07, 6.45) is 6.63. The fraction of sp³-hybridized carbons (Fsp3) is 0.0714. The van der Waals surface area contributed by atoms with Gasteiger partial charge in [-0.15, -0.1) is 0 Å². The average molecular weight is 302 g/mol. The fourth-order valence-electron chi connectivity index (χ4n) is 1.97. The molecule has 0 spiro atoms. The quantitative estimate of drug-likeness (QED) is 0.808. The molecule has 0 aliphatic carbocycles. The number of para-hydroxylation sites is 1. The smallest absolute Gasteiger partial charge is 0.275 e. The summed E-state index contributed by atoms with van der Waals surface area (Å²) >= 11 is 6.22. The Morgan fingerprint density at radius 2 is 2.19 bits per heavy atom. The fourth-order valence-corrected chi connectivity index (χ4v) is 2.23. The summed E-state index contributed by atoms with van der Waals surface area (Å²) in [6, 6.07) is 7.07. The van der Waals surface area contributed by atoms with Gasteiger partial charge in [-0.05, 0) is 18.2 Å². The van der Waals surface area contributed by atoms with E-state index < -0.39 is 0 Å². The van der Waals surface area contributed by atoms with Crippen molar-refractivity contribution < 1.29 is 4.79 Å². The number of hydrogen-bond donors (Lipinski definition) is 1. The number of hydrogen-bond acceptors (Lipinski definition) is 3. The first kappa shape index (κ1) is 13.4. The van der Waals surface area contributed by atoms with Gasteiger partial charge in [0.2, 0.25) is 0 Å². The average Bonchev–Trinajstić information content (AvgIpc) is 3.10. The zero-order valence-electron chi connectivity index (χ0n) is 11.2. The summed E-state index contributed by atoms with van der Waals surface area (Å²) in [5, 5.41) is 7.46. The number of amides is 1. The van der Waals surface area contributed by atoms with Crippen LogP contribution in [0.3, 0.4) is 0 Å². The molecule has 7 heteroatoms. The molecule has 0 radical (unpaired) electrons. The zero-order chi connectivity index (χ0) is 14.8. The van der Waals surface area contributed by atoms with Crippen LogP contribution in [0.4, 0.5) is 5.69 Å². The van der Waals surface area contributed by atoms with Crippen LogP contribution in [-0.4, -0.2) is 25.2 Å². The van der Waals surface area contributed by atoms with Gasteiger partial charge in [0.25, 0.3) is 5.91 Å². The summed E-state index contributed by atoms with van der Waals surface area (Å²) < 4.78 is 3.32. The van der Waals surface area contributed by atoms with Crippen molar-refractivity contribution in [1.82, 2.24) is 19.3 Å². The zero-order valence-corrected chi connectivity index (χ0v) is 11.9. The minimum Gasteiger partial charge on any atom is -0.340 e. The van der Waals surface area contributed by atoms with E-state index in [1.54, 1.807) is 65.5 Å². The third-order valence-electron chi connectivity index (χ3n) is 2.91. The van der Waals surface area contributed by atoms with Gasteiger partial charge in [-0.2, -0.15) is 5.10 Å². The van der Waals surface area contributed by atoms with Crippen molar-refractivity contribution in [2.24, 2.45) is 7.05 Å². The van der Waals surface area contributed by atoms with Crippen LogP contribution < -0.4 is 5.32 Å². The lowest BCUT2D eigenvalue weighted by molar-refractivity contribution is 0.102. The summed E-state index contributed by atoms with van der Waals surface area (Å²) in [7, 11) is 1.80. The highest BCUT2D eigenvalue weighted by Crippen LogP contribution is 2.28. The monoisotopic (exact) mass is 301 g/mol. The molecule has 0 aliphatic rings. The summed E-state index contributed by atoms with van der Waals surface area (Å²) in [6.45, 7) is 0. The molecule has 0 saturated carbocycles. The van der Waals surface area contributed by atoms with Gasteiger partial charge in [0.05, 0.1) is 17.0 Å². The summed E-state index contributed by atoms with van der Waals surface area (Å²) in [5.74, 6) is -0.300. The van der Waals surface area contributed by atoms with Crippen LogP contribution in [0.5, 0.6) is 0 Å². The van der Waals surface area contributed by atoms with Gasteiger partial charge in [0, 0.05) is 25.6 Å². The number of anilines is 1. The molecule has 1 N–H and O–H groups in total. The predicted octanol–water partition coefficient (Wildman–Crippen LogP) is 2.51. The van der Waals surface area contributed by atoms with Crippen LogP contribution in [0.2, 0.25) is 5.02 Å². The molecule has 106 valence electrons. The third kappa shape index (κ3) is 2.66. The molecule has 3 aromatic rings. The summed E-state index contributed by atoms with van der Waals surface area (Å²) in [4.78, 5) is 16.2. The largest absolute Gasteiger partial charge is 0.340 e. The van der Waals surface area contributed by atoms with Gasteiger partial charge in [0.15, 0.2) is 0 Å². The highest BCUT2D eigenvalue weighted by molar-refractivity contribution is 6.33. The normalized spacial score (nSPS) is 10.6. The number of carbonyl (C=O) groups excluding carboxylic acids is 1. The lowest BCUT2D eigenvalue weighted by Gasteiger charge is -2.12. The lowest BCUT2D eigenvalue weighted by atomic mass is 10.2. The van der Waals surface area contributed by atoms with E-state index in [1.807, 2.05) is 0 Å². The number of nitrogens with zero attached hydrogens (tertiary/aromatic N) is 4. The van der Waals surface area contributed by atoms with Crippen LogP contribution in [0, 0.1) is 0 Å². The molecule has 0 bridgehead atoms. The second-order valence-corrected chi connectivity index (χ2v) is 4.87. The Hall–Kier alpha value is -2.60. The van der Waals surface area contributed by atoms with Gasteiger partial charge in [-0.3, -0.25) is 4.79 Å². The van der Waals surface area contributed by atoms with Crippen LogP contribution in [0.15, 0.2) is 49.2 Å². The number of rotatable bonds is 3. The topological polar surface area (TPSA) is 64.7 Å². The molecular formula is C14H12ClN5O. The Balaban J connectivity index is 1.96. The number of halogens is 1. The summed E-state index contributed by atoms with van der Waals surface area (Å²) in [5.41, 5.74) is 1.53. The van der Waals surface area contributed by atoms with Crippen molar-refractivity contribution in [2.75, 3.05) is 5.32 Å². The van der Waals surface area contributed by atoms with Gasteiger partial charge in [-0.25, -0.2) is 9.67 Å². The van der Waals surface area contributed by atoms with Crippen LogP contribution in [0.25, 0.3) is 5.69 Å². The Morgan fingerprint density at radius 1 is 1.33 bits per heavy atom. The Labute approximate surface area is 126 Å². The minimum absolute atomic E-state index is 0.300. The van der Waals surface area contributed by atoms with Gasteiger partial charge in [0.1, 0.15) is 11.4 Å². The first-order valence-electron chi connectivity index (χ1n) is 6.23. The number of carbonyl (C=O) groups is 1. The number of nitrogens with one attached hydrogen (secondary N) is 1. The van der Waals surface area contributed by atoms with E-state index in [-0.39, 0.29) is 5.91 Å². The Bertz CT molecular complexity index is 779. The molecular weight excluding hydrogens is 290 g/mol. The van der Waals surface area contributed by atoms with Crippen molar-refractivity contribution in [3.05, 3.63) is 59.9 Å². The molecule has 2 aromatic heterocycles. The van der Waals surface area contributed by atoms with Crippen LogP contribution >= 0.6 is 11.6 Å². The molecule has 21 heavy (non-hydrogen) atoms. The second kappa shape index (κ2) is 5.41. The van der Waals surface area contributed by atoms with Gasteiger partial charge in [-0.1, -0.05) is 17.7 Å². The third-order valence-corrected chi connectivity index (χ3v) is 3.21. The molecule has 0 unspecified atom stereocenters. The maximum atomic E-state index is 12.2. The van der Waals surface area contributed by atoms with E-state index >= 15 is 0 Å². The van der Waals surface area contributed by atoms with Crippen molar-refractivity contribution in [3.63, 3.8) is 0 Å². The highest BCUT2D eigenvalue weighted by atomic mass is 35.5. The SMILES string of the molecule is Cn1cnc(C(=O)Nc2cccc(Cl)c2-n2cccn2)c1. The molecule has 3 rings (SSSR count). The number of aromatic nitrogens is 4. The van der Waals surface area contributed by atoms with Crippen molar-refractivity contribution in [3.8, 4) is 5.69 Å². The van der Waals surface area contributed by atoms with E-state index in [1.165, 1.54) is 0 Å². The van der Waals surface area contributed by atoms with Gasteiger partial charge < -0.3 is 9.88 Å².